The maximum absolute atomic E-state index is 10.5. The fourth-order valence-corrected chi connectivity index (χ4v) is 1.26. The van der Waals surface area contributed by atoms with Crippen LogP contribution in [0.3, 0.4) is 0 Å². The minimum absolute atomic E-state index is 0.104. The SMILES string of the molecule is CNC(=O)OCC(=S)NS(=O)Cl. The van der Waals surface area contributed by atoms with E-state index in [2.05, 4.69) is 27.0 Å². The highest BCUT2D eigenvalue weighted by atomic mass is 35.7. The number of ether oxygens (including phenoxy) is 1. The van der Waals surface area contributed by atoms with E-state index in [9.17, 15) is 9.00 Å². The van der Waals surface area contributed by atoms with Crippen molar-refractivity contribution in [1.29, 1.82) is 0 Å². The van der Waals surface area contributed by atoms with E-state index in [1.807, 2.05) is 0 Å². The molecule has 0 rings (SSSR count). The molecule has 0 aliphatic carbocycles. The molecule has 2 N–H and O–H groups in total. The second-order valence-electron chi connectivity index (χ2n) is 1.57. The highest BCUT2D eigenvalue weighted by molar-refractivity contribution is 8.07. The van der Waals surface area contributed by atoms with Gasteiger partial charge in [-0.25, -0.2) is 9.00 Å². The zero-order valence-electron chi connectivity index (χ0n) is 6.13. The van der Waals surface area contributed by atoms with E-state index in [0.717, 1.165) is 0 Å². The minimum atomic E-state index is -1.74. The summed E-state index contributed by atoms with van der Waals surface area (Å²) >= 11 is 4.60. The summed E-state index contributed by atoms with van der Waals surface area (Å²) in [6.07, 6.45) is -0.612. The van der Waals surface area contributed by atoms with E-state index in [1.165, 1.54) is 7.05 Å². The Labute approximate surface area is 81.9 Å². The van der Waals surface area contributed by atoms with Gasteiger partial charge in [0, 0.05) is 17.7 Å². The Bertz CT molecular complexity index is 210. The van der Waals surface area contributed by atoms with E-state index in [4.69, 9.17) is 10.7 Å². The summed E-state index contributed by atoms with van der Waals surface area (Å²) in [6, 6.07) is 0. The Kier molecular flexibility index (Phi) is 5.95. The van der Waals surface area contributed by atoms with Crippen LogP contribution in [-0.2, 0) is 14.9 Å². The number of amides is 1. The fourth-order valence-electron chi connectivity index (χ4n) is 0.322. The molecule has 0 saturated heterocycles. The lowest BCUT2D eigenvalue weighted by Gasteiger charge is -2.04. The zero-order chi connectivity index (χ0) is 9.56. The lowest BCUT2D eigenvalue weighted by Crippen LogP contribution is -2.29. The van der Waals surface area contributed by atoms with Gasteiger partial charge in [-0.15, -0.1) is 0 Å². The highest BCUT2D eigenvalue weighted by Gasteiger charge is 2.02. The van der Waals surface area contributed by atoms with Crippen molar-refractivity contribution in [3.05, 3.63) is 0 Å². The number of thiocarbonyl (C=S) groups is 1. The van der Waals surface area contributed by atoms with E-state index in [1.54, 1.807) is 0 Å². The van der Waals surface area contributed by atoms with Crippen molar-refractivity contribution >= 4 is 44.2 Å². The molecule has 1 atom stereocenters. The first-order chi connectivity index (χ1) is 5.56. The van der Waals surface area contributed by atoms with Gasteiger partial charge in [0.25, 0.3) is 0 Å². The molecule has 0 bridgehead atoms. The zero-order valence-corrected chi connectivity index (χ0v) is 8.52. The van der Waals surface area contributed by atoms with Gasteiger partial charge in [0.05, 0.1) is 0 Å². The topological polar surface area (TPSA) is 67.4 Å². The van der Waals surface area contributed by atoms with Gasteiger partial charge >= 0.3 is 6.09 Å². The average Bonchev–Trinajstić information content (AvgIpc) is 1.99. The lowest BCUT2D eigenvalue weighted by atomic mass is 10.7. The third-order valence-electron chi connectivity index (χ3n) is 0.733. The van der Waals surface area contributed by atoms with Crippen LogP contribution in [0.15, 0.2) is 0 Å². The van der Waals surface area contributed by atoms with E-state index in [0.29, 0.717) is 0 Å². The maximum Gasteiger partial charge on any atom is 0.407 e. The van der Waals surface area contributed by atoms with Crippen LogP contribution >= 0.6 is 22.9 Å². The van der Waals surface area contributed by atoms with Crippen molar-refractivity contribution in [3.63, 3.8) is 0 Å². The van der Waals surface area contributed by atoms with Crippen LogP contribution < -0.4 is 10.0 Å². The molecule has 12 heavy (non-hydrogen) atoms. The monoisotopic (exact) mass is 230 g/mol. The molecule has 0 aromatic rings. The normalized spacial score (nSPS) is 11.5. The Hall–Kier alpha value is -0.400. The number of halogens is 1. The Morgan fingerprint density at radius 3 is 2.75 bits per heavy atom. The van der Waals surface area contributed by atoms with Gasteiger partial charge in [-0.1, -0.05) is 12.2 Å². The fraction of sp³-hybridized carbons (Fsp3) is 0.500. The van der Waals surface area contributed by atoms with Gasteiger partial charge in [0.15, 0.2) is 0 Å². The van der Waals surface area contributed by atoms with Crippen molar-refractivity contribution in [2.24, 2.45) is 0 Å². The van der Waals surface area contributed by atoms with Crippen molar-refractivity contribution in [1.82, 2.24) is 10.0 Å². The van der Waals surface area contributed by atoms with Crippen LogP contribution in [0, 0.1) is 0 Å². The quantitative estimate of drug-likeness (QED) is 0.532. The van der Waals surface area contributed by atoms with Crippen LogP contribution in [0.2, 0.25) is 0 Å². The Morgan fingerprint density at radius 2 is 2.33 bits per heavy atom. The summed E-state index contributed by atoms with van der Waals surface area (Å²) in [5, 5.41) is 2.22. The average molecular weight is 231 g/mol. The van der Waals surface area contributed by atoms with E-state index in [-0.39, 0.29) is 11.6 Å². The molecule has 0 aliphatic heterocycles. The Morgan fingerprint density at radius 1 is 1.75 bits per heavy atom. The number of nitrogens with one attached hydrogen (secondary N) is 2. The predicted molar refractivity (Wildman–Crippen MR) is 50.1 cm³/mol. The summed E-state index contributed by atoms with van der Waals surface area (Å²) < 4.78 is 17.0. The van der Waals surface area contributed by atoms with Crippen LogP contribution in [0.25, 0.3) is 0 Å². The number of rotatable bonds is 3. The first-order valence-corrected chi connectivity index (χ1v) is 5.16. The molecule has 0 fully saturated rings. The first kappa shape index (κ1) is 11.6. The molecule has 0 saturated carbocycles. The molecule has 0 aromatic carbocycles. The van der Waals surface area contributed by atoms with E-state index >= 15 is 0 Å². The van der Waals surface area contributed by atoms with Crippen molar-refractivity contribution in [2.75, 3.05) is 13.7 Å². The smallest absolute Gasteiger partial charge is 0.407 e. The third-order valence-corrected chi connectivity index (χ3v) is 1.72. The summed E-state index contributed by atoms with van der Waals surface area (Å²) in [4.78, 5) is 10.6. The van der Waals surface area contributed by atoms with Gasteiger partial charge in [-0.05, 0) is 0 Å². The van der Waals surface area contributed by atoms with Crippen LogP contribution in [-0.4, -0.2) is 28.9 Å². The molecule has 0 spiro atoms. The number of hydrogen-bond acceptors (Lipinski definition) is 4. The predicted octanol–water partition coefficient (Wildman–Crippen LogP) is 0.0769. The Balaban J connectivity index is 3.57. The van der Waals surface area contributed by atoms with Crippen LogP contribution in [0.4, 0.5) is 4.79 Å². The van der Waals surface area contributed by atoms with Crippen molar-refractivity contribution < 1.29 is 13.7 Å². The molecular formula is C4H7ClN2O3S2. The molecule has 0 radical (unpaired) electrons. The van der Waals surface area contributed by atoms with Crippen molar-refractivity contribution in [2.45, 2.75) is 0 Å². The first-order valence-electron chi connectivity index (χ1n) is 2.78. The molecule has 8 heteroatoms. The molecule has 0 aromatic heterocycles. The molecule has 0 heterocycles. The largest absolute Gasteiger partial charge is 0.442 e. The van der Waals surface area contributed by atoms with Gasteiger partial charge < -0.3 is 10.1 Å². The van der Waals surface area contributed by atoms with E-state index < -0.39 is 16.3 Å². The molecule has 0 aliphatic rings. The molecule has 1 amide bonds. The van der Waals surface area contributed by atoms with Crippen LogP contribution in [0.5, 0.6) is 0 Å². The molecule has 5 nitrogen and oxygen atoms in total. The summed E-state index contributed by atoms with van der Waals surface area (Å²) in [5.41, 5.74) is 0. The number of alkyl carbamates (subject to hydrolysis) is 1. The van der Waals surface area contributed by atoms with Gasteiger partial charge in [0.1, 0.15) is 11.6 Å². The van der Waals surface area contributed by atoms with Crippen LogP contribution in [0.1, 0.15) is 0 Å². The van der Waals surface area contributed by atoms with Crippen molar-refractivity contribution in [3.8, 4) is 0 Å². The standard InChI is InChI=1S/C4H7ClN2O3S2/c1-6-4(8)10-2-3(11)7-12(5)9/h2H2,1H3,(H,6,8)(H,7,11). The summed E-state index contributed by atoms with van der Waals surface area (Å²) in [6.45, 7) is -0.145. The molecular weight excluding hydrogens is 224 g/mol. The number of carbonyl (C=O) groups is 1. The second kappa shape index (κ2) is 6.15. The second-order valence-corrected chi connectivity index (χ2v) is 3.56. The van der Waals surface area contributed by atoms with Gasteiger partial charge in [0.2, 0.25) is 10.2 Å². The molecule has 70 valence electrons. The molecule has 1 unspecified atom stereocenters. The number of hydrogen-bond donors (Lipinski definition) is 2. The third kappa shape index (κ3) is 6.32. The van der Waals surface area contributed by atoms with Gasteiger partial charge in [-0.3, -0.25) is 4.72 Å². The summed E-state index contributed by atoms with van der Waals surface area (Å²) in [5.74, 6) is 0. The lowest BCUT2D eigenvalue weighted by molar-refractivity contribution is 0.164. The highest BCUT2D eigenvalue weighted by Crippen LogP contribution is 1.85. The maximum atomic E-state index is 10.5. The summed E-state index contributed by atoms with van der Waals surface area (Å²) in [7, 11) is 4.71. The van der Waals surface area contributed by atoms with Gasteiger partial charge in [-0.2, -0.15) is 0 Å². The minimum Gasteiger partial charge on any atom is -0.442 e. The number of carbonyl (C=O) groups excluding carboxylic acids is 1.